The van der Waals surface area contributed by atoms with Gasteiger partial charge in [-0.15, -0.1) is 0 Å². The number of hydrogen-bond donors (Lipinski definition) is 1. The Bertz CT molecular complexity index is 467. The zero-order chi connectivity index (χ0) is 14.7. The summed E-state index contributed by atoms with van der Waals surface area (Å²) in [7, 11) is 0. The number of nitrogens with zero attached hydrogens (tertiary/aromatic N) is 5. The number of rotatable bonds is 7. The van der Waals surface area contributed by atoms with E-state index in [1.54, 1.807) is 0 Å². The van der Waals surface area contributed by atoms with E-state index in [0.29, 0.717) is 5.95 Å². The van der Waals surface area contributed by atoms with Crippen LogP contribution in [-0.4, -0.2) is 47.7 Å². The van der Waals surface area contributed by atoms with Gasteiger partial charge in [0.15, 0.2) is 0 Å². The minimum absolute atomic E-state index is 0.707. The van der Waals surface area contributed by atoms with Gasteiger partial charge in [-0.1, -0.05) is 0 Å². The molecule has 21 heavy (non-hydrogen) atoms. The molecule has 2 aliphatic rings. The molecule has 1 N–H and O–H groups in total. The van der Waals surface area contributed by atoms with Gasteiger partial charge in [0.05, 0.1) is 0 Å². The second-order valence-corrected chi connectivity index (χ2v) is 5.97. The van der Waals surface area contributed by atoms with Crippen molar-refractivity contribution in [3.05, 3.63) is 0 Å². The van der Waals surface area contributed by atoms with Crippen molar-refractivity contribution in [2.45, 2.75) is 39.5 Å². The van der Waals surface area contributed by atoms with Gasteiger partial charge in [0.25, 0.3) is 0 Å². The van der Waals surface area contributed by atoms with Crippen molar-refractivity contribution < 1.29 is 0 Å². The van der Waals surface area contributed by atoms with E-state index < -0.39 is 0 Å². The lowest BCUT2D eigenvalue weighted by molar-refractivity contribution is 0.713. The molecule has 1 aromatic heterocycles. The van der Waals surface area contributed by atoms with Crippen molar-refractivity contribution >= 4 is 17.8 Å². The summed E-state index contributed by atoms with van der Waals surface area (Å²) in [5, 5.41) is 3.24. The van der Waals surface area contributed by atoms with Gasteiger partial charge < -0.3 is 15.1 Å². The monoisotopic (exact) mass is 290 g/mol. The molecule has 2 heterocycles. The predicted octanol–water partition coefficient (Wildman–Crippen LogP) is 2.14. The van der Waals surface area contributed by atoms with Crippen LogP contribution < -0.4 is 15.1 Å². The van der Waals surface area contributed by atoms with Crippen LogP contribution in [0.5, 0.6) is 0 Å². The Balaban J connectivity index is 1.85. The van der Waals surface area contributed by atoms with Crippen LogP contribution in [-0.2, 0) is 0 Å². The molecule has 1 aliphatic carbocycles. The van der Waals surface area contributed by atoms with Crippen molar-refractivity contribution in [1.82, 2.24) is 15.0 Å². The van der Waals surface area contributed by atoms with Gasteiger partial charge in [-0.3, -0.25) is 0 Å². The number of hydrogen-bond acceptors (Lipinski definition) is 6. The van der Waals surface area contributed by atoms with Crippen molar-refractivity contribution in [2.75, 3.05) is 47.8 Å². The smallest absolute Gasteiger partial charge is 0.231 e. The van der Waals surface area contributed by atoms with E-state index in [0.717, 1.165) is 50.5 Å². The molecule has 0 amide bonds. The van der Waals surface area contributed by atoms with Crippen LogP contribution in [0.15, 0.2) is 0 Å². The molecule has 1 aliphatic heterocycles. The fourth-order valence-electron chi connectivity index (χ4n) is 2.76. The molecule has 116 valence electrons. The van der Waals surface area contributed by atoms with Gasteiger partial charge >= 0.3 is 0 Å². The summed E-state index contributed by atoms with van der Waals surface area (Å²) in [4.78, 5) is 18.5. The van der Waals surface area contributed by atoms with Gasteiger partial charge in [0, 0.05) is 32.7 Å². The Morgan fingerprint density at radius 1 is 1.14 bits per heavy atom. The van der Waals surface area contributed by atoms with Crippen LogP contribution in [0.1, 0.15) is 39.5 Å². The molecule has 3 rings (SSSR count). The third kappa shape index (κ3) is 3.54. The molecule has 1 saturated carbocycles. The lowest BCUT2D eigenvalue weighted by atomic mass is 10.4. The van der Waals surface area contributed by atoms with Gasteiger partial charge in [-0.2, -0.15) is 15.0 Å². The van der Waals surface area contributed by atoms with E-state index in [2.05, 4.69) is 38.9 Å². The first-order chi connectivity index (χ1) is 10.3. The summed E-state index contributed by atoms with van der Waals surface area (Å²) in [6.07, 6.45) is 5.16. The average Bonchev–Trinajstić information content (AvgIpc) is 3.14. The van der Waals surface area contributed by atoms with Gasteiger partial charge in [-0.25, -0.2) is 0 Å². The normalized spacial score (nSPS) is 18.1. The Kier molecular flexibility index (Phi) is 4.41. The minimum atomic E-state index is 0.707. The molecule has 0 atom stereocenters. The van der Waals surface area contributed by atoms with Gasteiger partial charge in [-0.05, 0) is 45.4 Å². The second kappa shape index (κ2) is 6.45. The lowest BCUT2D eigenvalue weighted by Crippen LogP contribution is -2.29. The fraction of sp³-hybridized carbons (Fsp3) is 0.800. The van der Waals surface area contributed by atoms with Crippen molar-refractivity contribution in [3.8, 4) is 0 Å². The largest absolute Gasteiger partial charge is 0.354 e. The van der Waals surface area contributed by atoms with E-state index in [-0.39, 0.29) is 0 Å². The molecule has 0 unspecified atom stereocenters. The van der Waals surface area contributed by atoms with E-state index in [1.165, 1.54) is 25.7 Å². The number of nitrogens with one attached hydrogen (secondary N) is 1. The van der Waals surface area contributed by atoms with Crippen molar-refractivity contribution in [1.29, 1.82) is 0 Å². The SMILES string of the molecule is CCNc1nc(N2CCCC2)nc(N(CC)CC2CC2)n1. The highest BCUT2D eigenvalue weighted by Gasteiger charge is 2.26. The maximum atomic E-state index is 4.74. The summed E-state index contributed by atoms with van der Waals surface area (Å²) < 4.78 is 0. The number of aromatic nitrogens is 3. The molecule has 6 nitrogen and oxygen atoms in total. The highest BCUT2D eigenvalue weighted by Crippen LogP contribution is 2.31. The van der Waals surface area contributed by atoms with Crippen LogP contribution in [0.2, 0.25) is 0 Å². The summed E-state index contributed by atoms with van der Waals surface area (Å²) in [6.45, 7) is 9.22. The average molecular weight is 290 g/mol. The van der Waals surface area contributed by atoms with E-state index >= 15 is 0 Å². The molecule has 2 fully saturated rings. The van der Waals surface area contributed by atoms with Crippen LogP contribution in [0.25, 0.3) is 0 Å². The molecule has 6 heteroatoms. The van der Waals surface area contributed by atoms with Gasteiger partial charge in [0.2, 0.25) is 17.8 Å². The Hall–Kier alpha value is -1.59. The lowest BCUT2D eigenvalue weighted by Gasteiger charge is -2.23. The Morgan fingerprint density at radius 3 is 2.52 bits per heavy atom. The maximum Gasteiger partial charge on any atom is 0.231 e. The second-order valence-electron chi connectivity index (χ2n) is 5.97. The summed E-state index contributed by atoms with van der Waals surface area (Å²) in [5.74, 6) is 3.21. The third-order valence-corrected chi connectivity index (χ3v) is 4.18. The van der Waals surface area contributed by atoms with E-state index in [1.807, 2.05) is 0 Å². The van der Waals surface area contributed by atoms with E-state index in [4.69, 9.17) is 4.98 Å². The Labute approximate surface area is 127 Å². The van der Waals surface area contributed by atoms with Crippen LogP contribution >= 0.6 is 0 Å². The summed E-state index contributed by atoms with van der Waals surface area (Å²) >= 11 is 0. The predicted molar refractivity (Wildman–Crippen MR) is 86.0 cm³/mol. The molecular weight excluding hydrogens is 264 g/mol. The zero-order valence-corrected chi connectivity index (χ0v) is 13.2. The summed E-state index contributed by atoms with van der Waals surface area (Å²) in [6, 6.07) is 0. The first kappa shape index (κ1) is 14.4. The quantitative estimate of drug-likeness (QED) is 0.830. The van der Waals surface area contributed by atoms with Crippen LogP contribution in [0.4, 0.5) is 17.8 Å². The first-order valence-corrected chi connectivity index (χ1v) is 8.30. The zero-order valence-electron chi connectivity index (χ0n) is 13.2. The molecule has 0 spiro atoms. The molecule has 1 aromatic rings. The molecule has 0 aromatic carbocycles. The number of anilines is 3. The first-order valence-electron chi connectivity index (χ1n) is 8.30. The Morgan fingerprint density at radius 2 is 1.90 bits per heavy atom. The fourth-order valence-corrected chi connectivity index (χ4v) is 2.76. The molecular formula is C15H26N6. The molecule has 0 bridgehead atoms. The molecule has 0 radical (unpaired) electrons. The minimum Gasteiger partial charge on any atom is -0.354 e. The third-order valence-electron chi connectivity index (χ3n) is 4.18. The topological polar surface area (TPSA) is 57.2 Å². The maximum absolute atomic E-state index is 4.74. The van der Waals surface area contributed by atoms with Gasteiger partial charge in [0.1, 0.15) is 0 Å². The standard InChI is InChI=1S/C15H26N6/c1-3-16-13-17-14(20(4-2)11-12-7-8-12)19-15(18-13)21-9-5-6-10-21/h12H,3-11H2,1-2H3,(H,16,17,18,19). The van der Waals surface area contributed by atoms with Crippen LogP contribution in [0.3, 0.4) is 0 Å². The highest BCUT2D eigenvalue weighted by molar-refractivity contribution is 5.45. The van der Waals surface area contributed by atoms with Crippen molar-refractivity contribution in [3.63, 3.8) is 0 Å². The summed E-state index contributed by atoms with van der Waals surface area (Å²) in [5.41, 5.74) is 0. The van der Waals surface area contributed by atoms with E-state index in [9.17, 15) is 0 Å². The highest BCUT2D eigenvalue weighted by atomic mass is 15.4. The van der Waals surface area contributed by atoms with Crippen LogP contribution in [0, 0.1) is 5.92 Å². The molecule has 1 saturated heterocycles. The van der Waals surface area contributed by atoms with Crippen molar-refractivity contribution in [2.24, 2.45) is 5.92 Å².